The van der Waals surface area contributed by atoms with Gasteiger partial charge in [0.2, 0.25) is 0 Å². The van der Waals surface area contributed by atoms with E-state index in [-0.39, 0.29) is 17.0 Å². The summed E-state index contributed by atoms with van der Waals surface area (Å²) in [7, 11) is 0. The van der Waals surface area contributed by atoms with Crippen LogP contribution in [0.1, 0.15) is 24.1 Å². The van der Waals surface area contributed by atoms with Gasteiger partial charge in [-0.3, -0.25) is 19.5 Å². The second-order valence-corrected chi connectivity index (χ2v) is 6.89. The molecule has 2 heterocycles. The monoisotopic (exact) mass is 418 g/mol. The first-order valence-corrected chi connectivity index (χ1v) is 9.71. The predicted octanol–water partition coefficient (Wildman–Crippen LogP) is 4.25. The lowest BCUT2D eigenvalue weighted by atomic mass is 9.96. The molecule has 7 heteroatoms. The zero-order valence-corrected chi connectivity index (χ0v) is 16.7. The van der Waals surface area contributed by atoms with Crippen molar-refractivity contribution in [2.75, 3.05) is 11.5 Å². The standard InChI is InChI=1S/C24H19FN2O4/c1-2-31-19-10-8-15(9-11-19)22(28)20-21(16-5-4-12-26-14-16)27(24(30)23(20)29)18-7-3-6-17(25)13-18/h3-14,21,28H,2H2,1H3/b22-20+. The van der Waals surface area contributed by atoms with Gasteiger partial charge in [-0.15, -0.1) is 0 Å². The average Bonchev–Trinajstić information content (AvgIpc) is 3.05. The molecule has 0 spiro atoms. The molecular formula is C24H19FN2O4. The van der Waals surface area contributed by atoms with Crippen LogP contribution in [-0.4, -0.2) is 28.4 Å². The largest absolute Gasteiger partial charge is 0.507 e. The first-order chi connectivity index (χ1) is 15.0. The van der Waals surface area contributed by atoms with Crippen molar-refractivity contribution in [1.82, 2.24) is 4.98 Å². The maximum atomic E-state index is 13.9. The van der Waals surface area contributed by atoms with Gasteiger partial charge in [0, 0.05) is 23.6 Å². The number of ketones is 1. The molecular weight excluding hydrogens is 399 g/mol. The lowest BCUT2D eigenvalue weighted by molar-refractivity contribution is -0.132. The zero-order chi connectivity index (χ0) is 22.0. The Balaban J connectivity index is 1.88. The summed E-state index contributed by atoms with van der Waals surface area (Å²) in [5.41, 5.74) is 0.987. The Morgan fingerprint density at radius 3 is 2.55 bits per heavy atom. The number of anilines is 1. The molecule has 1 aliphatic heterocycles. The molecule has 1 aliphatic rings. The Hall–Kier alpha value is -4.00. The van der Waals surface area contributed by atoms with Gasteiger partial charge in [-0.25, -0.2) is 4.39 Å². The Bertz CT molecular complexity index is 1160. The molecule has 0 bridgehead atoms. The van der Waals surface area contributed by atoms with Crippen LogP contribution in [0.2, 0.25) is 0 Å². The first-order valence-electron chi connectivity index (χ1n) is 9.71. The van der Waals surface area contributed by atoms with E-state index in [1.807, 2.05) is 6.92 Å². The van der Waals surface area contributed by atoms with Gasteiger partial charge < -0.3 is 9.84 Å². The van der Waals surface area contributed by atoms with Crippen LogP contribution in [0, 0.1) is 5.82 Å². The third-order valence-electron chi connectivity index (χ3n) is 4.97. The maximum absolute atomic E-state index is 13.9. The number of hydrogen-bond donors (Lipinski definition) is 1. The third-order valence-corrected chi connectivity index (χ3v) is 4.97. The summed E-state index contributed by atoms with van der Waals surface area (Å²) < 4.78 is 19.3. The van der Waals surface area contributed by atoms with Crippen LogP contribution in [0.5, 0.6) is 5.75 Å². The molecule has 2 aromatic carbocycles. The van der Waals surface area contributed by atoms with E-state index in [2.05, 4.69) is 4.98 Å². The van der Waals surface area contributed by atoms with E-state index < -0.39 is 23.5 Å². The molecule has 1 N–H and O–H groups in total. The van der Waals surface area contributed by atoms with Gasteiger partial charge in [0.25, 0.3) is 11.7 Å². The van der Waals surface area contributed by atoms with Crippen LogP contribution in [-0.2, 0) is 9.59 Å². The Morgan fingerprint density at radius 2 is 1.90 bits per heavy atom. The smallest absolute Gasteiger partial charge is 0.300 e. The highest BCUT2D eigenvalue weighted by Crippen LogP contribution is 2.42. The minimum Gasteiger partial charge on any atom is -0.507 e. The number of Topliss-reactive ketones (excluding diaryl/α,β-unsaturated/α-hetero) is 1. The molecule has 31 heavy (non-hydrogen) atoms. The molecule has 156 valence electrons. The number of aromatic nitrogens is 1. The van der Waals surface area contributed by atoms with E-state index in [0.29, 0.717) is 23.5 Å². The van der Waals surface area contributed by atoms with Crippen molar-refractivity contribution in [2.24, 2.45) is 0 Å². The maximum Gasteiger partial charge on any atom is 0.300 e. The molecule has 0 aliphatic carbocycles. The van der Waals surface area contributed by atoms with E-state index in [9.17, 15) is 19.1 Å². The van der Waals surface area contributed by atoms with Gasteiger partial charge in [-0.1, -0.05) is 12.1 Å². The molecule has 0 radical (unpaired) electrons. The quantitative estimate of drug-likeness (QED) is 0.381. The van der Waals surface area contributed by atoms with Crippen molar-refractivity contribution >= 4 is 23.1 Å². The number of pyridine rings is 1. The lowest BCUT2D eigenvalue weighted by Gasteiger charge is -2.25. The number of carbonyl (C=O) groups is 2. The Morgan fingerprint density at radius 1 is 1.13 bits per heavy atom. The fourth-order valence-corrected chi connectivity index (χ4v) is 3.61. The number of amides is 1. The topological polar surface area (TPSA) is 79.7 Å². The summed E-state index contributed by atoms with van der Waals surface area (Å²) in [4.78, 5) is 31.2. The second kappa shape index (κ2) is 8.39. The number of rotatable bonds is 5. The van der Waals surface area contributed by atoms with Crippen LogP contribution in [0.4, 0.5) is 10.1 Å². The second-order valence-electron chi connectivity index (χ2n) is 6.89. The summed E-state index contributed by atoms with van der Waals surface area (Å²) in [6.07, 6.45) is 3.07. The highest BCUT2D eigenvalue weighted by Gasteiger charge is 2.47. The number of ether oxygens (including phenoxy) is 1. The van der Waals surface area contributed by atoms with Gasteiger partial charge in [-0.05, 0) is 61.0 Å². The SMILES string of the molecule is CCOc1ccc(/C(O)=C2\C(=O)C(=O)N(c3cccc(F)c3)C2c2cccnc2)cc1. The molecule has 1 unspecified atom stereocenters. The minimum absolute atomic E-state index is 0.0913. The molecule has 1 amide bonds. The Kier molecular flexibility index (Phi) is 5.49. The molecule has 1 fully saturated rings. The van der Waals surface area contributed by atoms with Crippen molar-refractivity contribution in [3.8, 4) is 5.75 Å². The summed E-state index contributed by atoms with van der Waals surface area (Å²) in [5, 5.41) is 11.0. The molecule has 1 atom stereocenters. The van der Waals surface area contributed by atoms with E-state index in [1.165, 1.54) is 35.4 Å². The van der Waals surface area contributed by atoms with Crippen molar-refractivity contribution < 1.29 is 23.8 Å². The van der Waals surface area contributed by atoms with Crippen molar-refractivity contribution in [3.63, 3.8) is 0 Å². The summed E-state index contributed by atoms with van der Waals surface area (Å²) in [6, 6.07) is 14.4. The van der Waals surface area contributed by atoms with Crippen LogP contribution in [0.3, 0.4) is 0 Å². The van der Waals surface area contributed by atoms with Gasteiger partial charge in [0.05, 0.1) is 18.2 Å². The first kappa shape index (κ1) is 20.3. The van der Waals surface area contributed by atoms with Crippen molar-refractivity contribution in [1.29, 1.82) is 0 Å². The fourth-order valence-electron chi connectivity index (χ4n) is 3.61. The van der Waals surface area contributed by atoms with Crippen LogP contribution >= 0.6 is 0 Å². The van der Waals surface area contributed by atoms with Gasteiger partial charge in [0.1, 0.15) is 17.3 Å². The van der Waals surface area contributed by atoms with Gasteiger partial charge in [0.15, 0.2) is 0 Å². The summed E-state index contributed by atoms with van der Waals surface area (Å²) in [5.74, 6) is -1.97. The minimum atomic E-state index is -0.956. The van der Waals surface area contributed by atoms with Gasteiger partial charge >= 0.3 is 0 Å². The van der Waals surface area contributed by atoms with Crippen molar-refractivity contribution in [3.05, 3.63) is 95.6 Å². The summed E-state index contributed by atoms with van der Waals surface area (Å²) in [6.45, 7) is 2.35. The van der Waals surface area contributed by atoms with Crippen LogP contribution < -0.4 is 9.64 Å². The number of hydrogen-bond acceptors (Lipinski definition) is 5. The lowest BCUT2D eigenvalue weighted by Crippen LogP contribution is -2.29. The van der Waals surface area contributed by atoms with Crippen LogP contribution in [0.25, 0.3) is 5.76 Å². The number of carbonyl (C=O) groups excluding carboxylic acids is 2. The van der Waals surface area contributed by atoms with E-state index >= 15 is 0 Å². The van der Waals surface area contributed by atoms with E-state index in [4.69, 9.17) is 4.74 Å². The molecule has 6 nitrogen and oxygen atoms in total. The van der Waals surface area contributed by atoms with E-state index in [0.717, 1.165) is 0 Å². The highest BCUT2D eigenvalue weighted by atomic mass is 19.1. The fraction of sp³-hybridized carbons (Fsp3) is 0.125. The molecule has 1 saturated heterocycles. The highest BCUT2D eigenvalue weighted by molar-refractivity contribution is 6.51. The predicted molar refractivity (Wildman–Crippen MR) is 113 cm³/mol. The van der Waals surface area contributed by atoms with Gasteiger partial charge in [-0.2, -0.15) is 0 Å². The Labute approximate surface area is 178 Å². The number of aliphatic hydroxyl groups excluding tert-OH is 1. The molecule has 4 rings (SSSR count). The number of halogens is 1. The van der Waals surface area contributed by atoms with E-state index in [1.54, 1.807) is 42.6 Å². The van der Waals surface area contributed by atoms with Crippen molar-refractivity contribution in [2.45, 2.75) is 13.0 Å². The van der Waals surface area contributed by atoms with Crippen LogP contribution in [0.15, 0.2) is 78.6 Å². The summed E-state index contributed by atoms with van der Waals surface area (Å²) >= 11 is 0. The zero-order valence-electron chi connectivity index (χ0n) is 16.7. The third kappa shape index (κ3) is 3.77. The number of benzene rings is 2. The molecule has 3 aromatic rings. The number of aliphatic hydroxyl groups is 1. The number of nitrogens with zero attached hydrogens (tertiary/aromatic N) is 2. The average molecular weight is 418 g/mol. The molecule has 1 aromatic heterocycles. The molecule has 0 saturated carbocycles. The normalized spacial score (nSPS) is 17.7.